The molecule has 5 nitrogen and oxygen atoms in total. The molecule has 2 aromatic heterocycles. The van der Waals surface area contributed by atoms with Gasteiger partial charge in [0.25, 0.3) is 5.56 Å². The van der Waals surface area contributed by atoms with E-state index in [-0.39, 0.29) is 18.0 Å². The van der Waals surface area contributed by atoms with Crippen LogP contribution in [0.15, 0.2) is 11.1 Å². The Labute approximate surface area is 158 Å². The van der Waals surface area contributed by atoms with Crippen molar-refractivity contribution in [3.63, 3.8) is 0 Å². The van der Waals surface area contributed by atoms with E-state index in [0.29, 0.717) is 11.8 Å². The lowest BCUT2D eigenvalue weighted by molar-refractivity contribution is -0.134. The quantitative estimate of drug-likeness (QED) is 0.760. The monoisotopic (exact) mass is 373 g/mol. The summed E-state index contributed by atoms with van der Waals surface area (Å²) in [5.41, 5.74) is 1.16. The minimum atomic E-state index is -0.0409. The van der Waals surface area contributed by atoms with Crippen molar-refractivity contribution in [3.8, 4) is 0 Å². The maximum Gasteiger partial charge on any atom is 0.262 e. The molecule has 1 fully saturated rings. The Kier molecular flexibility index (Phi) is 4.86. The molecule has 3 heterocycles. The minimum Gasteiger partial charge on any atom is -0.341 e. The molecule has 0 N–H and O–H groups in total. The lowest BCUT2D eigenvalue weighted by Crippen LogP contribution is -2.44. The second kappa shape index (κ2) is 7.14. The standard InChI is InChI=1S/C20H27N3O2S/c1-13-8-14(2)10-22(9-13)17(24)11-23-12-21-19-18(20(23)25)15-6-4-3-5-7-16(15)26-19/h12-14H,3-11H2,1-2H3. The van der Waals surface area contributed by atoms with Gasteiger partial charge in [-0.05, 0) is 49.5 Å². The Hall–Kier alpha value is -1.69. The third kappa shape index (κ3) is 3.31. The molecule has 0 spiro atoms. The summed E-state index contributed by atoms with van der Waals surface area (Å²) in [6.45, 7) is 6.07. The molecule has 2 unspecified atom stereocenters. The molecule has 6 heteroatoms. The maximum atomic E-state index is 13.1. The summed E-state index contributed by atoms with van der Waals surface area (Å²) < 4.78 is 1.52. The molecule has 2 atom stereocenters. The summed E-state index contributed by atoms with van der Waals surface area (Å²) in [5, 5.41) is 0.766. The van der Waals surface area contributed by atoms with E-state index in [1.54, 1.807) is 17.7 Å². The normalized spacial score (nSPS) is 23.7. The zero-order valence-corrected chi connectivity index (χ0v) is 16.5. The Morgan fingerprint density at radius 1 is 1.19 bits per heavy atom. The SMILES string of the molecule is CC1CC(C)CN(C(=O)Cn2cnc3sc4c(c3c2=O)CCCCC4)C1. The number of aromatic nitrogens is 2. The number of nitrogens with zero attached hydrogens (tertiary/aromatic N) is 3. The topological polar surface area (TPSA) is 55.2 Å². The van der Waals surface area contributed by atoms with Gasteiger partial charge < -0.3 is 4.90 Å². The van der Waals surface area contributed by atoms with Crippen LogP contribution in [-0.4, -0.2) is 33.4 Å². The Bertz CT molecular complexity index is 875. The number of hydrogen-bond donors (Lipinski definition) is 0. The molecule has 0 radical (unpaired) electrons. The molecule has 1 saturated heterocycles. The zero-order chi connectivity index (χ0) is 18.3. The van der Waals surface area contributed by atoms with Gasteiger partial charge >= 0.3 is 0 Å². The number of amides is 1. The highest BCUT2D eigenvalue weighted by molar-refractivity contribution is 7.18. The number of rotatable bonds is 2. The number of likely N-dealkylation sites (tertiary alicyclic amines) is 1. The molecular weight excluding hydrogens is 346 g/mol. The molecule has 4 rings (SSSR count). The van der Waals surface area contributed by atoms with Gasteiger partial charge in [-0.15, -0.1) is 11.3 Å². The second-order valence-corrected chi connectivity index (χ2v) is 9.25. The fraction of sp³-hybridized carbons (Fsp3) is 0.650. The minimum absolute atomic E-state index is 0.0352. The Morgan fingerprint density at radius 2 is 1.92 bits per heavy atom. The van der Waals surface area contributed by atoms with E-state index in [4.69, 9.17) is 0 Å². The number of hydrogen-bond acceptors (Lipinski definition) is 4. The average Bonchev–Trinajstić information content (AvgIpc) is 2.79. The first-order valence-corrected chi connectivity index (χ1v) is 10.6. The predicted octanol–water partition coefficient (Wildman–Crippen LogP) is 3.23. The van der Waals surface area contributed by atoms with Crippen molar-refractivity contribution in [1.82, 2.24) is 14.5 Å². The highest BCUT2D eigenvalue weighted by Gasteiger charge is 2.26. The average molecular weight is 374 g/mol. The van der Waals surface area contributed by atoms with E-state index in [1.807, 2.05) is 4.90 Å². The maximum absolute atomic E-state index is 13.1. The number of fused-ring (bicyclic) bond motifs is 3. The summed E-state index contributed by atoms with van der Waals surface area (Å²) in [7, 11) is 0. The predicted molar refractivity (Wildman–Crippen MR) is 105 cm³/mol. The second-order valence-electron chi connectivity index (χ2n) is 8.17. The molecule has 0 saturated carbocycles. The largest absolute Gasteiger partial charge is 0.341 e. The van der Waals surface area contributed by atoms with Gasteiger partial charge in [-0.25, -0.2) is 4.98 Å². The summed E-state index contributed by atoms with van der Waals surface area (Å²) in [5.74, 6) is 1.08. The fourth-order valence-electron chi connectivity index (χ4n) is 4.58. The highest BCUT2D eigenvalue weighted by Crippen LogP contribution is 2.32. The molecule has 1 amide bonds. The lowest BCUT2D eigenvalue weighted by Gasteiger charge is -2.35. The molecule has 1 aliphatic carbocycles. The van der Waals surface area contributed by atoms with Crippen molar-refractivity contribution >= 4 is 27.5 Å². The van der Waals surface area contributed by atoms with Crippen molar-refractivity contribution in [2.45, 2.75) is 58.9 Å². The smallest absolute Gasteiger partial charge is 0.262 e. The van der Waals surface area contributed by atoms with Gasteiger partial charge in [0.15, 0.2) is 0 Å². The van der Waals surface area contributed by atoms with Crippen molar-refractivity contribution in [3.05, 3.63) is 27.1 Å². The van der Waals surface area contributed by atoms with Crippen molar-refractivity contribution in [2.75, 3.05) is 13.1 Å². The van der Waals surface area contributed by atoms with Gasteiger partial charge in [-0.2, -0.15) is 0 Å². The van der Waals surface area contributed by atoms with Crippen LogP contribution in [0.4, 0.5) is 0 Å². The zero-order valence-electron chi connectivity index (χ0n) is 15.7. The number of piperidine rings is 1. The van der Waals surface area contributed by atoms with Gasteiger partial charge in [-0.3, -0.25) is 14.2 Å². The van der Waals surface area contributed by atoms with E-state index in [1.165, 1.54) is 27.8 Å². The summed E-state index contributed by atoms with van der Waals surface area (Å²) >= 11 is 1.66. The van der Waals surface area contributed by atoms with Gasteiger partial charge in [-0.1, -0.05) is 20.3 Å². The van der Waals surface area contributed by atoms with Crippen LogP contribution in [-0.2, 0) is 24.2 Å². The fourth-order valence-corrected chi connectivity index (χ4v) is 5.80. The number of aryl methyl sites for hydroxylation is 2. The Balaban J connectivity index is 1.63. The molecule has 2 aromatic rings. The first kappa shape index (κ1) is 17.7. The molecule has 1 aliphatic heterocycles. The number of carbonyl (C=O) groups excluding carboxylic acids is 1. The first-order valence-electron chi connectivity index (χ1n) is 9.80. The molecule has 2 aliphatic rings. The molecule has 26 heavy (non-hydrogen) atoms. The van der Waals surface area contributed by atoms with Crippen LogP contribution in [0.25, 0.3) is 10.2 Å². The van der Waals surface area contributed by atoms with Crippen LogP contribution >= 0.6 is 11.3 Å². The molecule has 140 valence electrons. The number of thiophene rings is 1. The summed E-state index contributed by atoms with van der Waals surface area (Å²) in [6, 6.07) is 0. The van der Waals surface area contributed by atoms with Crippen molar-refractivity contribution in [2.24, 2.45) is 11.8 Å². The highest BCUT2D eigenvalue weighted by atomic mass is 32.1. The third-order valence-corrected chi connectivity index (χ3v) is 6.92. The number of carbonyl (C=O) groups is 1. The van der Waals surface area contributed by atoms with Crippen LogP contribution < -0.4 is 5.56 Å². The van der Waals surface area contributed by atoms with Gasteiger partial charge in [0.05, 0.1) is 11.7 Å². The van der Waals surface area contributed by atoms with Crippen molar-refractivity contribution < 1.29 is 4.79 Å². The van der Waals surface area contributed by atoms with E-state index < -0.39 is 0 Å². The van der Waals surface area contributed by atoms with Gasteiger partial charge in [0.1, 0.15) is 11.4 Å². The van der Waals surface area contributed by atoms with Gasteiger partial charge in [0.2, 0.25) is 5.91 Å². The summed E-state index contributed by atoms with van der Waals surface area (Å²) in [6.07, 6.45) is 8.30. The Morgan fingerprint density at radius 3 is 2.69 bits per heavy atom. The van der Waals surface area contributed by atoms with Crippen LogP contribution in [0.3, 0.4) is 0 Å². The van der Waals surface area contributed by atoms with Crippen LogP contribution in [0, 0.1) is 11.8 Å². The van der Waals surface area contributed by atoms with Crippen LogP contribution in [0.5, 0.6) is 0 Å². The van der Waals surface area contributed by atoms with Gasteiger partial charge in [0, 0.05) is 18.0 Å². The van der Waals surface area contributed by atoms with E-state index in [0.717, 1.165) is 49.0 Å². The van der Waals surface area contributed by atoms with E-state index in [9.17, 15) is 9.59 Å². The van der Waals surface area contributed by atoms with E-state index in [2.05, 4.69) is 18.8 Å². The lowest BCUT2D eigenvalue weighted by atomic mass is 9.92. The summed E-state index contributed by atoms with van der Waals surface area (Å²) in [4.78, 5) is 34.4. The van der Waals surface area contributed by atoms with Crippen LogP contribution in [0.2, 0.25) is 0 Å². The van der Waals surface area contributed by atoms with Crippen molar-refractivity contribution in [1.29, 1.82) is 0 Å². The molecular formula is C20H27N3O2S. The third-order valence-electron chi connectivity index (χ3n) is 5.72. The van der Waals surface area contributed by atoms with E-state index >= 15 is 0 Å². The molecule has 0 bridgehead atoms. The molecule has 0 aromatic carbocycles. The first-order chi connectivity index (χ1) is 12.5. The van der Waals surface area contributed by atoms with Crippen LogP contribution in [0.1, 0.15) is 50.0 Å².